The Morgan fingerprint density at radius 3 is 2.47 bits per heavy atom. The van der Waals surface area contributed by atoms with Gasteiger partial charge in [-0.05, 0) is 17.7 Å². The zero-order valence-electron chi connectivity index (χ0n) is 7.61. The maximum absolute atomic E-state index is 11.7. The number of hydrogen-bond acceptors (Lipinski definition) is 4. The molecule has 0 saturated carbocycles. The van der Waals surface area contributed by atoms with Crippen molar-refractivity contribution in [3.05, 3.63) is 23.1 Å². The van der Waals surface area contributed by atoms with Gasteiger partial charge in [0.15, 0.2) is 0 Å². The van der Waals surface area contributed by atoms with Crippen LogP contribution in [0.5, 0.6) is 0 Å². The molecule has 0 saturated heterocycles. The van der Waals surface area contributed by atoms with E-state index in [9.17, 15) is 4.79 Å². The molecular formula is C9H6ClN3O2. The van der Waals surface area contributed by atoms with Gasteiger partial charge in [-0.3, -0.25) is 4.79 Å². The Hall–Kier alpha value is -1.98. The van der Waals surface area contributed by atoms with Crippen LogP contribution >= 0.6 is 11.6 Å². The predicted molar refractivity (Wildman–Crippen MR) is 50.8 cm³/mol. The molecule has 1 heterocycles. The lowest BCUT2D eigenvalue weighted by molar-refractivity contribution is 0.0794. The van der Waals surface area contributed by atoms with Gasteiger partial charge >= 0.3 is 0 Å². The molecule has 0 bridgehead atoms. The first-order chi connectivity index (χ1) is 7.20. The summed E-state index contributed by atoms with van der Waals surface area (Å²) in [5.41, 5.74) is 0.155. The van der Waals surface area contributed by atoms with Crippen LogP contribution < -0.4 is 0 Å². The number of furan rings is 1. The van der Waals surface area contributed by atoms with Gasteiger partial charge < -0.3 is 9.32 Å². The molecule has 0 aliphatic rings. The molecular weight excluding hydrogens is 218 g/mol. The molecule has 0 radical (unpaired) electrons. The molecule has 0 aliphatic heterocycles. The smallest absolute Gasteiger partial charge is 0.260 e. The summed E-state index contributed by atoms with van der Waals surface area (Å²) < 4.78 is 4.74. The van der Waals surface area contributed by atoms with E-state index in [1.54, 1.807) is 12.1 Å². The van der Waals surface area contributed by atoms with Crippen LogP contribution in [0.2, 0.25) is 5.22 Å². The number of nitriles is 2. The first kappa shape index (κ1) is 11.1. The van der Waals surface area contributed by atoms with Crippen LogP contribution in [0.4, 0.5) is 0 Å². The van der Waals surface area contributed by atoms with E-state index in [1.807, 2.05) is 0 Å². The normalized spacial score (nSPS) is 9.00. The summed E-state index contributed by atoms with van der Waals surface area (Å²) >= 11 is 5.60. The standard InChI is InChI=1S/C9H6ClN3O2/c10-8-7(1-6-15-8)9(14)13(4-2-11)5-3-12/h1,6H,4-5H2. The minimum absolute atomic E-state index is 0.0409. The quantitative estimate of drug-likeness (QED) is 0.726. The van der Waals surface area contributed by atoms with E-state index < -0.39 is 5.91 Å². The van der Waals surface area contributed by atoms with Crippen molar-refractivity contribution in [2.24, 2.45) is 0 Å². The van der Waals surface area contributed by atoms with E-state index in [0.29, 0.717) is 0 Å². The summed E-state index contributed by atoms with van der Waals surface area (Å²) in [6.45, 7) is -0.318. The van der Waals surface area contributed by atoms with Gasteiger partial charge in [0.05, 0.1) is 24.0 Å². The Kier molecular flexibility index (Phi) is 3.73. The average molecular weight is 224 g/mol. The molecule has 1 rings (SSSR count). The highest BCUT2D eigenvalue weighted by Crippen LogP contribution is 2.18. The van der Waals surface area contributed by atoms with Crippen molar-refractivity contribution < 1.29 is 9.21 Å². The van der Waals surface area contributed by atoms with Crippen LogP contribution in [0.3, 0.4) is 0 Å². The number of amides is 1. The van der Waals surface area contributed by atoms with E-state index in [0.717, 1.165) is 4.90 Å². The van der Waals surface area contributed by atoms with E-state index in [-0.39, 0.29) is 23.9 Å². The highest BCUT2D eigenvalue weighted by molar-refractivity contribution is 6.32. The Morgan fingerprint density at radius 1 is 1.47 bits per heavy atom. The van der Waals surface area contributed by atoms with Crippen LogP contribution in [-0.4, -0.2) is 23.9 Å². The van der Waals surface area contributed by atoms with Crippen molar-refractivity contribution >= 4 is 17.5 Å². The molecule has 0 atom stereocenters. The van der Waals surface area contributed by atoms with Crippen molar-refractivity contribution in [3.8, 4) is 12.1 Å². The largest absolute Gasteiger partial charge is 0.452 e. The molecule has 15 heavy (non-hydrogen) atoms. The predicted octanol–water partition coefficient (Wildman–Crippen LogP) is 1.42. The average Bonchev–Trinajstić information content (AvgIpc) is 2.63. The summed E-state index contributed by atoms with van der Waals surface area (Å²) in [6.07, 6.45) is 1.27. The van der Waals surface area contributed by atoms with Crippen molar-refractivity contribution in [2.45, 2.75) is 0 Å². The number of carbonyl (C=O) groups is 1. The van der Waals surface area contributed by atoms with Gasteiger partial charge in [0.25, 0.3) is 5.91 Å². The lowest BCUT2D eigenvalue weighted by Crippen LogP contribution is -2.31. The van der Waals surface area contributed by atoms with Gasteiger partial charge in [-0.25, -0.2) is 0 Å². The molecule has 1 amide bonds. The van der Waals surface area contributed by atoms with E-state index in [4.69, 9.17) is 26.5 Å². The zero-order valence-corrected chi connectivity index (χ0v) is 8.36. The van der Waals surface area contributed by atoms with Gasteiger partial charge in [-0.15, -0.1) is 0 Å². The third-order valence-electron chi connectivity index (χ3n) is 1.66. The highest BCUT2D eigenvalue weighted by Gasteiger charge is 2.19. The lowest BCUT2D eigenvalue weighted by Gasteiger charge is -2.14. The molecule has 0 aromatic carbocycles. The SMILES string of the molecule is N#CCN(CC#N)C(=O)c1ccoc1Cl. The summed E-state index contributed by atoms with van der Waals surface area (Å²) in [5, 5.41) is 16.9. The number of hydrogen-bond donors (Lipinski definition) is 0. The molecule has 0 unspecified atom stereocenters. The second kappa shape index (κ2) is 5.04. The maximum Gasteiger partial charge on any atom is 0.260 e. The molecule has 1 aromatic heterocycles. The molecule has 5 nitrogen and oxygen atoms in total. The third kappa shape index (κ3) is 2.49. The van der Waals surface area contributed by atoms with Crippen molar-refractivity contribution in [1.29, 1.82) is 10.5 Å². The highest BCUT2D eigenvalue weighted by atomic mass is 35.5. The fraction of sp³-hybridized carbons (Fsp3) is 0.222. The topological polar surface area (TPSA) is 81.0 Å². The molecule has 1 aromatic rings. The van der Waals surface area contributed by atoms with Crippen molar-refractivity contribution in [2.75, 3.05) is 13.1 Å². The van der Waals surface area contributed by atoms with Crippen LogP contribution in [0.15, 0.2) is 16.7 Å². The minimum Gasteiger partial charge on any atom is -0.452 e. The van der Waals surface area contributed by atoms with E-state index in [1.165, 1.54) is 12.3 Å². The fourth-order valence-corrected chi connectivity index (χ4v) is 1.18. The summed E-state index contributed by atoms with van der Waals surface area (Å²) in [4.78, 5) is 12.8. The second-order valence-corrected chi connectivity index (χ2v) is 2.93. The summed E-state index contributed by atoms with van der Waals surface area (Å²) in [6, 6.07) is 4.99. The Morgan fingerprint density at radius 2 is 2.07 bits per heavy atom. The molecule has 0 N–H and O–H groups in total. The van der Waals surface area contributed by atoms with Gasteiger partial charge in [0.1, 0.15) is 13.1 Å². The molecule has 6 heteroatoms. The Labute approximate surface area is 91.1 Å². The van der Waals surface area contributed by atoms with Crippen LogP contribution in [0, 0.1) is 22.7 Å². The fourth-order valence-electron chi connectivity index (χ4n) is 0.987. The second-order valence-electron chi connectivity index (χ2n) is 2.59. The maximum atomic E-state index is 11.7. The summed E-state index contributed by atoms with van der Waals surface area (Å²) in [7, 11) is 0. The third-order valence-corrected chi connectivity index (χ3v) is 1.95. The minimum atomic E-state index is -0.489. The molecule has 0 aliphatic carbocycles. The molecule has 0 fully saturated rings. The molecule has 76 valence electrons. The molecule has 0 spiro atoms. The number of carbonyl (C=O) groups excluding carboxylic acids is 1. The lowest BCUT2D eigenvalue weighted by atomic mass is 10.3. The summed E-state index contributed by atoms with van der Waals surface area (Å²) in [5.74, 6) is -0.489. The number of halogens is 1. The monoisotopic (exact) mass is 223 g/mol. The Balaban J connectivity index is 2.87. The van der Waals surface area contributed by atoms with Crippen molar-refractivity contribution in [3.63, 3.8) is 0 Å². The number of rotatable bonds is 3. The van der Waals surface area contributed by atoms with E-state index >= 15 is 0 Å². The first-order valence-corrected chi connectivity index (χ1v) is 4.34. The zero-order chi connectivity index (χ0) is 11.3. The number of nitrogens with zero attached hydrogens (tertiary/aromatic N) is 3. The van der Waals surface area contributed by atoms with Gasteiger partial charge in [0, 0.05) is 0 Å². The van der Waals surface area contributed by atoms with Crippen LogP contribution in [0.1, 0.15) is 10.4 Å². The first-order valence-electron chi connectivity index (χ1n) is 3.97. The van der Waals surface area contributed by atoms with Crippen LogP contribution in [-0.2, 0) is 0 Å². The van der Waals surface area contributed by atoms with Crippen molar-refractivity contribution in [1.82, 2.24) is 4.90 Å². The van der Waals surface area contributed by atoms with Crippen LogP contribution in [0.25, 0.3) is 0 Å². The van der Waals surface area contributed by atoms with E-state index in [2.05, 4.69) is 0 Å². The Bertz CT molecular complexity index is 425. The van der Waals surface area contributed by atoms with Gasteiger partial charge in [-0.2, -0.15) is 10.5 Å². The van der Waals surface area contributed by atoms with Gasteiger partial charge in [0.2, 0.25) is 5.22 Å². The van der Waals surface area contributed by atoms with Gasteiger partial charge in [-0.1, -0.05) is 0 Å².